The van der Waals surface area contributed by atoms with Gasteiger partial charge in [-0.3, -0.25) is 0 Å². The molecule has 0 nitrogen and oxygen atoms in total. The van der Waals surface area contributed by atoms with Gasteiger partial charge in [-0.2, -0.15) is 0 Å². The SMILES string of the molecule is [CH2]CCC.[GeH4]. The van der Waals surface area contributed by atoms with E-state index in [1.165, 1.54) is 6.42 Å². The summed E-state index contributed by atoms with van der Waals surface area (Å²) < 4.78 is 0. The number of rotatable bonds is 1. The van der Waals surface area contributed by atoms with Gasteiger partial charge in [-0.1, -0.05) is 26.7 Å². The molecule has 0 aromatic rings. The topological polar surface area (TPSA) is 0 Å². The van der Waals surface area contributed by atoms with Gasteiger partial charge in [0.1, 0.15) is 0 Å². The third-order valence-corrected chi connectivity index (χ3v) is 0.354. The number of hydrogen-bond donors (Lipinski definition) is 0. The second-order valence-corrected chi connectivity index (χ2v) is 0.854. The van der Waals surface area contributed by atoms with Crippen LogP contribution in [0.5, 0.6) is 0 Å². The van der Waals surface area contributed by atoms with Gasteiger partial charge in [0.25, 0.3) is 0 Å². The van der Waals surface area contributed by atoms with Crippen molar-refractivity contribution >= 4 is 17.6 Å². The molecule has 5 heavy (non-hydrogen) atoms. The van der Waals surface area contributed by atoms with Crippen molar-refractivity contribution in [1.29, 1.82) is 0 Å². The van der Waals surface area contributed by atoms with Crippen molar-refractivity contribution in [2.24, 2.45) is 0 Å². The molecular weight excluding hydrogens is 121 g/mol. The molecular formula is C4H13Ge. The first kappa shape index (κ1) is 9.11. The molecule has 0 heterocycles. The molecule has 0 amide bonds. The van der Waals surface area contributed by atoms with Crippen LogP contribution in [0.15, 0.2) is 0 Å². The van der Waals surface area contributed by atoms with Gasteiger partial charge in [-0.25, -0.2) is 0 Å². The molecule has 0 atom stereocenters. The average molecular weight is 134 g/mol. The predicted octanol–water partition coefficient (Wildman–Crippen LogP) is 0.169. The molecule has 0 aromatic carbocycles. The number of hydrogen-bond acceptors (Lipinski definition) is 0. The van der Waals surface area contributed by atoms with E-state index >= 15 is 0 Å². The summed E-state index contributed by atoms with van der Waals surface area (Å²) in [5, 5.41) is 0. The summed E-state index contributed by atoms with van der Waals surface area (Å²) in [5.74, 6) is 0. The molecule has 0 spiro atoms. The van der Waals surface area contributed by atoms with Crippen LogP contribution < -0.4 is 0 Å². The van der Waals surface area contributed by atoms with E-state index in [1.54, 1.807) is 0 Å². The van der Waals surface area contributed by atoms with Crippen LogP contribution >= 0.6 is 0 Å². The summed E-state index contributed by atoms with van der Waals surface area (Å²) in [6.45, 7) is 5.72. The molecule has 33 valence electrons. The van der Waals surface area contributed by atoms with Crippen molar-refractivity contribution in [3.8, 4) is 0 Å². The van der Waals surface area contributed by atoms with Crippen molar-refractivity contribution < 1.29 is 0 Å². The van der Waals surface area contributed by atoms with E-state index in [0.717, 1.165) is 6.42 Å². The predicted molar refractivity (Wildman–Crippen MR) is 31.6 cm³/mol. The molecule has 0 aliphatic rings. The molecule has 0 rings (SSSR count). The van der Waals surface area contributed by atoms with Gasteiger partial charge in [0.2, 0.25) is 0 Å². The maximum atomic E-state index is 3.60. The maximum absolute atomic E-state index is 3.60. The van der Waals surface area contributed by atoms with Crippen LogP contribution in [0.1, 0.15) is 19.8 Å². The van der Waals surface area contributed by atoms with Crippen LogP contribution in [0.3, 0.4) is 0 Å². The molecule has 0 N–H and O–H groups in total. The van der Waals surface area contributed by atoms with E-state index in [-0.39, 0.29) is 17.6 Å². The summed E-state index contributed by atoms with van der Waals surface area (Å²) >= 11 is 0. The minimum absolute atomic E-state index is 0. The zero-order chi connectivity index (χ0) is 3.41. The second-order valence-electron chi connectivity index (χ2n) is 0.854. The van der Waals surface area contributed by atoms with Crippen LogP contribution in [-0.2, 0) is 0 Å². The Morgan fingerprint density at radius 3 is 1.80 bits per heavy atom. The van der Waals surface area contributed by atoms with Crippen LogP contribution in [0, 0.1) is 6.92 Å². The Kier molecular flexibility index (Phi) is 16.1. The Hall–Kier alpha value is 0.543. The van der Waals surface area contributed by atoms with Gasteiger partial charge in [0, 0.05) is 0 Å². The minimum atomic E-state index is 0. The van der Waals surface area contributed by atoms with Crippen molar-refractivity contribution in [1.82, 2.24) is 0 Å². The molecule has 1 heteroatoms. The Balaban J connectivity index is 0. The molecule has 0 saturated carbocycles. The van der Waals surface area contributed by atoms with Crippen LogP contribution in [0.4, 0.5) is 0 Å². The first-order chi connectivity index (χ1) is 1.91. The van der Waals surface area contributed by atoms with E-state index in [1.807, 2.05) is 0 Å². The molecule has 0 aliphatic carbocycles. The van der Waals surface area contributed by atoms with Gasteiger partial charge >= 0.3 is 17.6 Å². The third kappa shape index (κ3) is 12.3. The summed E-state index contributed by atoms with van der Waals surface area (Å²) in [5.41, 5.74) is 0. The van der Waals surface area contributed by atoms with E-state index < -0.39 is 0 Å². The summed E-state index contributed by atoms with van der Waals surface area (Å²) in [4.78, 5) is 0. The summed E-state index contributed by atoms with van der Waals surface area (Å²) in [6.07, 6.45) is 2.28. The van der Waals surface area contributed by atoms with Gasteiger partial charge < -0.3 is 0 Å². The van der Waals surface area contributed by atoms with Gasteiger partial charge in [0.15, 0.2) is 0 Å². The first-order valence-corrected chi connectivity index (χ1v) is 1.71. The molecule has 0 bridgehead atoms. The quantitative estimate of drug-likeness (QED) is 0.448. The molecule has 0 aliphatic heterocycles. The van der Waals surface area contributed by atoms with Gasteiger partial charge in [-0.05, 0) is 0 Å². The monoisotopic (exact) mass is 135 g/mol. The number of unbranched alkanes of at least 4 members (excludes halogenated alkanes) is 1. The Bertz CT molecular complexity index is 5.61. The fraction of sp³-hybridized carbons (Fsp3) is 0.750. The van der Waals surface area contributed by atoms with Crippen molar-refractivity contribution in [2.45, 2.75) is 19.8 Å². The standard InChI is InChI=1S/C4H9.GeH4/c1-3-4-2;/h1,3-4H2,2H3;1H4. The van der Waals surface area contributed by atoms with E-state index in [2.05, 4.69) is 13.8 Å². The zero-order valence-corrected chi connectivity index (χ0v) is 3.12. The Morgan fingerprint density at radius 2 is 1.80 bits per heavy atom. The third-order valence-electron chi connectivity index (χ3n) is 0.354. The molecule has 0 fully saturated rings. The zero-order valence-electron chi connectivity index (χ0n) is 3.12. The van der Waals surface area contributed by atoms with Gasteiger partial charge in [0.05, 0.1) is 0 Å². The van der Waals surface area contributed by atoms with E-state index in [9.17, 15) is 0 Å². The summed E-state index contributed by atoms with van der Waals surface area (Å²) in [7, 11) is 0. The molecule has 0 saturated heterocycles. The Morgan fingerprint density at radius 1 is 1.60 bits per heavy atom. The molecule has 0 aromatic heterocycles. The van der Waals surface area contributed by atoms with E-state index in [0.29, 0.717) is 0 Å². The second kappa shape index (κ2) is 8.82. The van der Waals surface area contributed by atoms with Crippen molar-refractivity contribution in [2.75, 3.05) is 0 Å². The van der Waals surface area contributed by atoms with Crippen molar-refractivity contribution in [3.05, 3.63) is 6.92 Å². The fourth-order valence-electron chi connectivity index (χ4n) is 0. The fourth-order valence-corrected chi connectivity index (χ4v) is 0. The van der Waals surface area contributed by atoms with Crippen LogP contribution in [0.25, 0.3) is 0 Å². The molecule has 1 radical (unpaired) electrons. The van der Waals surface area contributed by atoms with Crippen LogP contribution in [-0.4, -0.2) is 17.6 Å². The normalized spacial score (nSPS) is 6.00. The first-order valence-electron chi connectivity index (χ1n) is 1.71. The average Bonchev–Trinajstić information content (AvgIpc) is 1.37. The Labute approximate surface area is 44.9 Å². The van der Waals surface area contributed by atoms with Gasteiger partial charge in [-0.15, -0.1) is 0 Å². The van der Waals surface area contributed by atoms with Crippen molar-refractivity contribution in [3.63, 3.8) is 0 Å². The summed E-state index contributed by atoms with van der Waals surface area (Å²) in [6, 6.07) is 0. The van der Waals surface area contributed by atoms with E-state index in [4.69, 9.17) is 0 Å². The molecule has 0 unspecified atom stereocenters. The van der Waals surface area contributed by atoms with Crippen LogP contribution in [0.2, 0.25) is 0 Å².